The zero-order chi connectivity index (χ0) is 16.0. The monoisotopic (exact) mass is 315 g/mol. The number of ether oxygens (including phenoxy) is 2. The Balaban J connectivity index is 1.52. The Hall–Kier alpha value is -1.71. The Kier molecular flexibility index (Phi) is 3.70. The molecule has 4 aliphatic rings. The van der Waals surface area contributed by atoms with Crippen LogP contribution in [0, 0.1) is 23.7 Å². The minimum absolute atomic E-state index is 0.0121. The first-order valence-electron chi connectivity index (χ1n) is 8.70. The molecule has 4 saturated carbocycles. The first-order valence-corrected chi connectivity index (χ1v) is 8.70. The molecule has 0 aliphatic heterocycles. The molecule has 1 amide bonds. The van der Waals surface area contributed by atoms with Crippen LogP contribution in [0.4, 0.5) is 0 Å². The number of methoxy groups -OCH3 is 2. The van der Waals surface area contributed by atoms with E-state index in [9.17, 15) is 4.79 Å². The van der Waals surface area contributed by atoms with Gasteiger partial charge in [-0.1, -0.05) is 0 Å². The SMILES string of the molecule is COc1ccc(C(=O)NC2C3CC4CC(C3)CC2C4)c(OC)c1. The van der Waals surface area contributed by atoms with Crippen molar-refractivity contribution in [3.63, 3.8) is 0 Å². The maximum absolute atomic E-state index is 12.8. The van der Waals surface area contributed by atoms with Gasteiger partial charge in [-0.05, 0) is 67.9 Å². The third-order valence-electron chi connectivity index (χ3n) is 6.18. The number of carbonyl (C=O) groups excluding carboxylic acids is 1. The summed E-state index contributed by atoms with van der Waals surface area (Å²) in [4.78, 5) is 12.8. The van der Waals surface area contributed by atoms with E-state index in [0.717, 1.165) is 11.8 Å². The van der Waals surface area contributed by atoms with E-state index in [2.05, 4.69) is 5.32 Å². The van der Waals surface area contributed by atoms with Gasteiger partial charge < -0.3 is 14.8 Å². The quantitative estimate of drug-likeness (QED) is 0.928. The van der Waals surface area contributed by atoms with E-state index in [1.807, 2.05) is 6.07 Å². The molecule has 0 atom stereocenters. The highest BCUT2D eigenvalue weighted by molar-refractivity contribution is 5.97. The Morgan fingerprint density at radius 3 is 2.22 bits per heavy atom. The van der Waals surface area contributed by atoms with Crippen molar-refractivity contribution in [2.24, 2.45) is 23.7 Å². The van der Waals surface area contributed by atoms with Gasteiger partial charge in [0.2, 0.25) is 0 Å². The first-order chi connectivity index (χ1) is 11.2. The summed E-state index contributed by atoms with van der Waals surface area (Å²) in [7, 11) is 3.21. The molecule has 4 nitrogen and oxygen atoms in total. The van der Waals surface area contributed by atoms with Gasteiger partial charge in [0.1, 0.15) is 11.5 Å². The van der Waals surface area contributed by atoms with Crippen LogP contribution in [0.5, 0.6) is 11.5 Å². The standard InChI is InChI=1S/C19H25NO3/c1-22-15-3-4-16(17(10-15)23-2)19(21)20-18-13-6-11-5-12(8-13)9-14(18)7-11/h3-4,10-14,18H,5-9H2,1-2H3,(H,20,21). The number of rotatable bonds is 4. The molecule has 0 spiro atoms. The summed E-state index contributed by atoms with van der Waals surface area (Å²) in [5.74, 6) is 4.46. The first kappa shape index (κ1) is 14.9. The maximum Gasteiger partial charge on any atom is 0.255 e. The van der Waals surface area contributed by atoms with Gasteiger partial charge in [-0.3, -0.25) is 4.79 Å². The molecule has 4 aliphatic carbocycles. The second-order valence-electron chi connectivity index (χ2n) is 7.50. The lowest BCUT2D eigenvalue weighted by Gasteiger charge is -2.54. The van der Waals surface area contributed by atoms with Gasteiger partial charge in [0.05, 0.1) is 19.8 Å². The minimum atomic E-state index is -0.0121. The normalized spacial score (nSPS) is 34.3. The van der Waals surface area contributed by atoms with Crippen LogP contribution in [-0.2, 0) is 0 Å². The van der Waals surface area contributed by atoms with Crippen molar-refractivity contribution in [3.05, 3.63) is 23.8 Å². The van der Waals surface area contributed by atoms with E-state index >= 15 is 0 Å². The number of carbonyl (C=O) groups is 1. The van der Waals surface area contributed by atoms with Crippen LogP contribution < -0.4 is 14.8 Å². The van der Waals surface area contributed by atoms with E-state index in [1.165, 1.54) is 32.1 Å². The van der Waals surface area contributed by atoms with E-state index in [1.54, 1.807) is 26.4 Å². The second-order valence-corrected chi connectivity index (χ2v) is 7.50. The molecule has 1 aromatic rings. The van der Waals surface area contributed by atoms with Gasteiger partial charge in [-0.2, -0.15) is 0 Å². The smallest absolute Gasteiger partial charge is 0.255 e. The molecular formula is C19H25NO3. The summed E-state index contributed by atoms with van der Waals surface area (Å²) in [5.41, 5.74) is 0.599. The Morgan fingerprint density at radius 2 is 1.65 bits per heavy atom. The highest BCUT2D eigenvalue weighted by Gasteiger charge is 2.48. The average molecular weight is 315 g/mol. The fourth-order valence-electron chi connectivity index (χ4n) is 5.38. The summed E-state index contributed by atoms with van der Waals surface area (Å²) in [6, 6.07) is 5.73. The van der Waals surface area contributed by atoms with Crippen LogP contribution in [0.15, 0.2) is 18.2 Å². The zero-order valence-electron chi connectivity index (χ0n) is 13.9. The van der Waals surface area contributed by atoms with Crippen molar-refractivity contribution in [2.45, 2.75) is 38.1 Å². The minimum Gasteiger partial charge on any atom is -0.497 e. The number of hydrogen-bond donors (Lipinski definition) is 1. The molecule has 0 aromatic heterocycles. The number of hydrogen-bond acceptors (Lipinski definition) is 3. The molecule has 5 rings (SSSR count). The van der Waals surface area contributed by atoms with Gasteiger partial charge in [0.25, 0.3) is 5.91 Å². The summed E-state index contributed by atoms with van der Waals surface area (Å²) >= 11 is 0. The van der Waals surface area contributed by atoms with Crippen molar-refractivity contribution in [1.82, 2.24) is 5.32 Å². The van der Waals surface area contributed by atoms with E-state index in [4.69, 9.17) is 9.47 Å². The van der Waals surface area contributed by atoms with Gasteiger partial charge in [-0.25, -0.2) is 0 Å². The van der Waals surface area contributed by atoms with Crippen LogP contribution in [0.2, 0.25) is 0 Å². The van der Waals surface area contributed by atoms with Crippen molar-refractivity contribution >= 4 is 5.91 Å². The van der Waals surface area contributed by atoms with Crippen LogP contribution in [0.3, 0.4) is 0 Å². The van der Waals surface area contributed by atoms with Gasteiger partial charge >= 0.3 is 0 Å². The van der Waals surface area contributed by atoms with Crippen molar-refractivity contribution in [1.29, 1.82) is 0 Å². The molecule has 4 heteroatoms. The van der Waals surface area contributed by atoms with Crippen LogP contribution >= 0.6 is 0 Å². The average Bonchev–Trinajstić information content (AvgIpc) is 2.56. The lowest BCUT2D eigenvalue weighted by molar-refractivity contribution is -0.0119. The van der Waals surface area contributed by atoms with Gasteiger partial charge in [0.15, 0.2) is 0 Å². The topological polar surface area (TPSA) is 47.6 Å². The van der Waals surface area contributed by atoms with Crippen molar-refractivity contribution in [3.8, 4) is 11.5 Å². The fraction of sp³-hybridized carbons (Fsp3) is 0.632. The molecule has 1 aromatic carbocycles. The van der Waals surface area contributed by atoms with Gasteiger partial charge in [-0.15, -0.1) is 0 Å². The van der Waals surface area contributed by atoms with Gasteiger partial charge in [0, 0.05) is 12.1 Å². The fourth-order valence-corrected chi connectivity index (χ4v) is 5.38. The summed E-state index contributed by atoms with van der Waals surface area (Å²) < 4.78 is 10.6. The molecule has 0 radical (unpaired) electrons. The molecule has 0 heterocycles. The molecule has 124 valence electrons. The van der Waals surface area contributed by atoms with Crippen LogP contribution in [0.1, 0.15) is 42.5 Å². The highest BCUT2D eigenvalue weighted by Crippen LogP contribution is 2.53. The summed E-state index contributed by atoms with van der Waals surface area (Å²) in [6.45, 7) is 0. The van der Waals surface area contributed by atoms with Crippen molar-refractivity contribution < 1.29 is 14.3 Å². The Bertz CT molecular complexity index is 585. The Labute approximate surface area is 137 Å². The predicted molar refractivity (Wildman–Crippen MR) is 87.8 cm³/mol. The van der Waals surface area contributed by atoms with Crippen LogP contribution in [0.25, 0.3) is 0 Å². The Morgan fingerprint density at radius 1 is 1.00 bits per heavy atom. The third kappa shape index (κ3) is 2.58. The number of amides is 1. The molecular weight excluding hydrogens is 290 g/mol. The van der Waals surface area contributed by atoms with Crippen molar-refractivity contribution in [2.75, 3.05) is 14.2 Å². The molecule has 4 fully saturated rings. The molecule has 23 heavy (non-hydrogen) atoms. The molecule has 0 unspecified atom stereocenters. The molecule has 4 bridgehead atoms. The second kappa shape index (κ2) is 5.73. The molecule has 0 saturated heterocycles. The summed E-state index contributed by atoms with van der Waals surface area (Å²) in [5, 5.41) is 3.33. The lowest BCUT2D eigenvalue weighted by atomic mass is 9.54. The number of benzene rings is 1. The maximum atomic E-state index is 12.8. The largest absolute Gasteiger partial charge is 0.497 e. The van der Waals surface area contributed by atoms with Crippen LogP contribution in [-0.4, -0.2) is 26.2 Å². The molecule has 1 N–H and O–H groups in total. The number of nitrogens with one attached hydrogen (secondary N) is 1. The van der Waals surface area contributed by atoms with E-state index in [0.29, 0.717) is 34.9 Å². The zero-order valence-corrected chi connectivity index (χ0v) is 13.9. The third-order valence-corrected chi connectivity index (χ3v) is 6.18. The predicted octanol–water partition coefficient (Wildman–Crippen LogP) is 3.26. The lowest BCUT2D eigenvalue weighted by Crippen LogP contribution is -2.55. The summed E-state index contributed by atoms with van der Waals surface area (Å²) in [6.07, 6.45) is 6.64. The van der Waals surface area contributed by atoms with E-state index < -0.39 is 0 Å². The highest BCUT2D eigenvalue weighted by atomic mass is 16.5. The van der Waals surface area contributed by atoms with E-state index in [-0.39, 0.29) is 5.91 Å².